The Morgan fingerprint density at radius 2 is 1.70 bits per heavy atom. The lowest BCUT2D eigenvalue weighted by molar-refractivity contribution is -0.204. The Morgan fingerprint density at radius 3 is 2.15 bits per heavy atom. The van der Waals surface area contributed by atoms with Gasteiger partial charge in [0.15, 0.2) is 13.9 Å². The maximum atomic E-state index is 14.8. The summed E-state index contributed by atoms with van der Waals surface area (Å²) in [5.74, 6) is -3.78. The normalized spacial score (nSPS) is 25.1. The summed E-state index contributed by atoms with van der Waals surface area (Å²) in [6.07, 6.45) is -2.17. The number of nitrogens with zero attached hydrogens (tertiary/aromatic N) is 1. The highest BCUT2D eigenvalue weighted by Gasteiger charge is 2.63. The molecule has 40 heavy (non-hydrogen) atoms. The van der Waals surface area contributed by atoms with E-state index >= 15 is 0 Å². The van der Waals surface area contributed by atoms with Gasteiger partial charge in [-0.2, -0.15) is 13.2 Å². The largest absolute Gasteiger partial charge is 0.416 e. The van der Waals surface area contributed by atoms with Crippen LogP contribution in [-0.4, -0.2) is 56.7 Å². The van der Waals surface area contributed by atoms with Crippen LogP contribution in [0.25, 0.3) is 0 Å². The first kappa shape index (κ1) is 32.1. The number of benzene rings is 1. The molecule has 0 spiro atoms. The Balaban J connectivity index is 2.07. The van der Waals surface area contributed by atoms with E-state index in [1.165, 1.54) is 43.3 Å². The molecule has 2 aliphatic rings. The number of β-lactam (4-membered cyclic amide) rings is 1. The van der Waals surface area contributed by atoms with Gasteiger partial charge in [-0.3, -0.25) is 9.59 Å². The Labute approximate surface area is 236 Å². The van der Waals surface area contributed by atoms with Crippen molar-refractivity contribution in [3.8, 4) is 0 Å². The fraction of sp³-hybridized carbons (Fsp3) is 0.571. The molecule has 0 aromatic heterocycles. The van der Waals surface area contributed by atoms with Crippen LogP contribution in [0.4, 0.5) is 13.2 Å². The van der Waals surface area contributed by atoms with Crippen molar-refractivity contribution in [1.29, 1.82) is 0 Å². The van der Waals surface area contributed by atoms with Crippen LogP contribution in [-0.2, 0) is 24.0 Å². The van der Waals surface area contributed by atoms with Gasteiger partial charge in [0.05, 0.1) is 28.9 Å². The maximum Gasteiger partial charge on any atom is 0.416 e. The number of halogens is 3. The van der Waals surface area contributed by atoms with Crippen molar-refractivity contribution < 1.29 is 35.6 Å². The van der Waals surface area contributed by atoms with Crippen molar-refractivity contribution in [2.75, 3.05) is 0 Å². The molecule has 2 amide bonds. The number of aryl methyl sites for hydroxylation is 1. The van der Waals surface area contributed by atoms with Gasteiger partial charge in [-0.1, -0.05) is 63.6 Å². The van der Waals surface area contributed by atoms with E-state index in [-0.39, 0.29) is 9.34 Å². The van der Waals surface area contributed by atoms with E-state index in [1.807, 2.05) is 33.9 Å². The number of carbonyl (C=O) groups excluding carboxylic acids is 2. The van der Waals surface area contributed by atoms with Crippen molar-refractivity contribution >= 4 is 30.2 Å². The van der Waals surface area contributed by atoms with Crippen molar-refractivity contribution in [2.45, 2.75) is 94.9 Å². The first-order valence-electron chi connectivity index (χ1n) is 13.2. The third-order valence-corrected chi connectivity index (χ3v) is 14.8. The lowest BCUT2D eigenvalue weighted by Crippen LogP contribution is -2.69. The van der Waals surface area contributed by atoms with Crippen LogP contribution in [0.3, 0.4) is 0 Å². The molecule has 12 heteroatoms. The molecule has 1 fully saturated rings. The molecule has 1 saturated heterocycles. The Morgan fingerprint density at radius 1 is 1.12 bits per heavy atom. The minimum Gasteiger partial charge on any atom is -0.413 e. The summed E-state index contributed by atoms with van der Waals surface area (Å²) in [5.41, 5.74) is -2.43. The van der Waals surface area contributed by atoms with Gasteiger partial charge < -0.3 is 9.74 Å². The Hall–Kier alpha value is -2.44. The van der Waals surface area contributed by atoms with Gasteiger partial charge in [0.1, 0.15) is 0 Å². The Bertz CT molecular complexity index is 1300. The van der Waals surface area contributed by atoms with Crippen LogP contribution in [0.15, 0.2) is 53.5 Å². The van der Waals surface area contributed by atoms with Crippen LogP contribution < -0.4 is 5.32 Å². The smallest absolute Gasteiger partial charge is 0.413 e. The molecular formula is C28H39F3N2O5SSi. The molecule has 1 aliphatic carbocycles. The van der Waals surface area contributed by atoms with Gasteiger partial charge in [0, 0.05) is 6.42 Å². The van der Waals surface area contributed by atoms with Gasteiger partial charge in [0.25, 0.3) is 10.0 Å². The van der Waals surface area contributed by atoms with Crippen molar-refractivity contribution in [3.63, 3.8) is 0 Å². The fourth-order valence-corrected chi connectivity index (χ4v) is 8.03. The summed E-state index contributed by atoms with van der Waals surface area (Å²) in [6.45, 7) is 14.9. The highest BCUT2D eigenvalue weighted by molar-refractivity contribution is 7.89. The molecule has 7 nitrogen and oxygen atoms in total. The van der Waals surface area contributed by atoms with Crippen molar-refractivity contribution in [3.05, 3.63) is 54.1 Å². The first-order chi connectivity index (χ1) is 18.2. The minimum atomic E-state index is -5.12. The van der Waals surface area contributed by atoms with Crippen molar-refractivity contribution in [2.24, 2.45) is 11.8 Å². The second-order valence-corrected chi connectivity index (χ2v) is 18.8. The number of amides is 2. The quantitative estimate of drug-likeness (QED) is 0.315. The number of alkyl halides is 3. The average Bonchev–Trinajstić information content (AvgIpc) is 2.81. The predicted octanol–water partition coefficient (Wildman–Crippen LogP) is 5.49. The predicted molar refractivity (Wildman–Crippen MR) is 149 cm³/mol. The van der Waals surface area contributed by atoms with E-state index in [2.05, 4.69) is 5.32 Å². The van der Waals surface area contributed by atoms with Gasteiger partial charge in [0.2, 0.25) is 11.8 Å². The van der Waals surface area contributed by atoms with E-state index in [0.29, 0.717) is 11.6 Å². The topological polar surface area (TPSA) is 92.8 Å². The molecule has 5 atom stereocenters. The number of allylic oxidation sites excluding steroid dienone is 2. The zero-order valence-electron chi connectivity index (χ0n) is 24.2. The summed E-state index contributed by atoms with van der Waals surface area (Å²) in [6, 6.07) is 4.37. The zero-order chi connectivity index (χ0) is 30.5. The molecule has 0 bridgehead atoms. The molecule has 1 aliphatic heterocycles. The van der Waals surface area contributed by atoms with E-state index in [0.717, 1.165) is 6.08 Å². The van der Waals surface area contributed by atoms with Gasteiger partial charge in [-0.25, -0.2) is 12.7 Å². The van der Waals surface area contributed by atoms with Crippen LogP contribution in [0, 0.1) is 18.8 Å². The first-order valence-corrected chi connectivity index (χ1v) is 17.6. The van der Waals surface area contributed by atoms with Gasteiger partial charge in [-0.15, -0.1) is 0 Å². The number of carbonyl (C=O) groups is 2. The SMILES string of the molecule is Cc1ccc(S(=O)(=O)N(C(=O)[C@H](C)[C@H]2NC(=O)[C@@H]2[C@@H](C)O[Si](C)(C)C(C)(C)C)C2(C(F)(F)F)C=CC=CC2)cc1. The fourth-order valence-electron chi connectivity index (χ4n) is 4.84. The molecule has 1 heterocycles. The van der Waals surface area contributed by atoms with Crippen LogP contribution in [0.1, 0.15) is 46.6 Å². The average molecular weight is 601 g/mol. The summed E-state index contributed by atoms with van der Waals surface area (Å²) in [7, 11) is -7.31. The van der Waals surface area contributed by atoms with Crippen LogP contribution in [0.5, 0.6) is 0 Å². The number of nitrogens with one attached hydrogen (secondary N) is 1. The van der Waals surface area contributed by atoms with Crippen LogP contribution in [0.2, 0.25) is 18.1 Å². The summed E-state index contributed by atoms with van der Waals surface area (Å²) in [4.78, 5) is 26.3. The third-order valence-electron chi connectivity index (χ3n) is 8.38. The van der Waals surface area contributed by atoms with E-state index < -0.39 is 77.2 Å². The second kappa shape index (κ2) is 10.8. The highest BCUT2D eigenvalue weighted by atomic mass is 32.2. The van der Waals surface area contributed by atoms with E-state index in [1.54, 1.807) is 13.8 Å². The molecular weight excluding hydrogens is 561 g/mol. The Kier molecular flexibility index (Phi) is 8.62. The van der Waals surface area contributed by atoms with E-state index in [9.17, 15) is 31.2 Å². The number of hydrogen-bond donors (Lipinski definition) is 1. The van der Waals surface area contributed by atoms with E-state index in [4.69, 9.17) is 4.43 Å². The molecule has 1 N–H and O–H groups in total. The number of sulfonamides is 1. The summed E-state index contributed by atoms with van der Waals surface area (Å²) in [5, 5.41) is 2.46. The second-order valence-electron chi connectivity index (χ2n) is 12.3. The monoisotopic (exact) mass is 600 g/mol. The number of hydrogen-bond acceptors (Lipinski definition) is 5. The number of rotatable bonds is 8. The molecule has 1 aromatic carbocycles. The molecule has 0 radical (unpaired) electrons. The minimum absolute atomic E-state index is 0.0176. The lowest BCUT2D eigenvalue weighted by Gasteiger charge is -2.48. The lowest BCUT2D eigenvalue weighted by atomic mass is 9.78. The summed E-state index contributed by atoms with van der Waals surface area (Å²) >= 11 is 0. The molecule has 0 saturated carbocycles. The summed E-state index contributed by atoms with van der Waals surface area (Å²) < 4.78 is 78.6. The third kappa shape index (κ3) is 5.67. The van der Waals surface area contributed by atoms with Gasteiger partial charge in [-0.05, 0) is 50.2 Å². The van der Waals surface area contributed by atoms with Gasteiger partial charge >= 0.3 is 6.18 Å². The van der Waals surface area contributed by atoms with Crippen molar-refractivity contribution in [1.82, 2.24) is 9.62 Å². The molecule has 1 unspecified atom stereocenters. The molecule has 222 valence electrons. The zero-order valence-corrected chi connectivity index (χ0v) is 26.0. The molecule has 3 rings (SSSR count). The standard InChI is InChI=1S/C28H39F3N2O5SSi/c1-18-12-14-21(15-13-18)39(36,37)33(27(28(29,30)31)16-10-9-11-17-27)25(35)19(2)23-22(24(34)32-23)20(3)38-40(7,8)26(4,5)6/h9-16,19-20,22-23H,17H2,1-8H3,(H,32,34)/t19-,20-,22-,23-,27?/m1/s1. The van der Waals surface area contributed by atoms with Crippen LogP contribution >= 0.6 is 0 Å². The highest BCUT2D eigenvalue weighted by Crippen LogP contribution is 2.46. The maximum absolute atomic E-state index is 14.8. The molecule has 1 aromatic rings.